The lowest BCUT2D eigenvalue weighted by Crippen LogP contribution is -2.38. The molecule has 0 saturated carbocycles. The van der Waals surface area contributed by atoms with E-state index in [2.05, 4.69) is 12.1 Å². The highest BCUT2D eigenvalue weighted by Crippen LogP contribution is 2.30. The van der Waals surface area contributed by atoms with Crippen LogP contribution in [0.5, 0.6) is 5.75 Å². The molecule has 0 unspecified atom stereocenters. The molecule has 1 aliphatic heterocycles. The van der Waals surface area contributed by atoms with Crippen molar-refractivity contribution in [2.45, 2.75) is 31.7 Å². The van der Waals surface area contributed by atoms with Crippen molar-refractivity contribution in [1.29, 1.82) is 5.41 Å². The number of carbonyl (C=O) groups excluding carboxylic acids is 2. The molecule has 1 saturated heterocycles. The average Bonchev–Trinajstić information content (AvgIpc) is 3.21. The fourth-order valence-corrected chi connectivity index (χ4v) is 5.11. The van der Waals surface area contributed by atoms with Crippen LogP contribution < -0.4 is 10.5 Å². The molecular formula is C30H32ClN3O4. The third kappa shape index (κ3) is 6.72. The van der Waals surface area contributed by atoms with Gasteiger partial charge >= 0.3 is 5.97 Å². The molecule has 38 heavy (non-hydrogen) atoms. The predicted molar refractivity (Wildman–Crippen MR) is 148 cm³/mol. The molecule has 0 radical (unpaired) electrons. The molecule has 4 rings (SSSR count). The highest BCUT2D eigenvalue weighted by Gasteiger charge is 2.40. The number of nitrogens with two attached hydrogens (primary N) is 1. The van der Waals surface area contributed by atoms with Gasteiger partial charge in [0.2, 0.25) is 5.91 Å². The predicted octanol–water partition coefficient (Wildman–Crippen LogP) is 5.08. The number of nitrogen functional groups attached to an aromatic ring is 1. The summed E-state index contributed by atoms with van der Waals surface area (Å²) in [5, 5.41) is 8.01. The number of amidine groups is 1. The Morgan fingerprint density at radius 1 is 1.08 bits per heavy atom. The number of nitrogens with one attached hydrogen (secondary N) is 1. The fourth-order valence-electron chi connectivity index (χ4n) is 4.82. The Balaban J connectivity index is 1.39. The van der Waals surface area contributed by atoms with E-state index in [-0.39, 0.29) is 30.2 Å². The van der Waals surface area contributed by atoms with E-state index in [1.165, 1.54) is 12.7 Å². The number of hydrogen-bond acceptors (Lipinski definition) is 5. The molecule has 3 aromatic rings. The molecule has 2 atom stereocenters. The minimum absolute atomic E-state index is 0.0155. The van der Waals surface area contributed by atoms with Gasteiger partial charge in [-0.3, -0.25) is 15.0 Å². The van der Waals surface area contributed by atoms with Crippen LogP contribution in [0.15, 0.2) is 72.8 Å². The quantitative estimate of drug-likeness (QED) is 0.203. The van der Waals surface area contributed by atoms with E-state index >= 15 is 0 Å². The number of halogens is 1. The number of rotatable bonds is 11. The van der Waals surface area contributed by atoms with Gasteiger partial charge in [-0.1, -0.05) is 60.1 Å². The number of aryl methyl sites for hydroxylation is 1. The topological polar surface area (TPSA) is 106 Å². The summed E-state index contributed by atoms with van der Waals surface area (Å²) in [6.45, 7) is 0.947. The lowest BCUT2D eigenvalue weighted by molar-refractivity contribution is -0.144. The van der Waals surface area contributed by atoms with Crippen molar-refractivity contribution in [1.82, 2.24) is 4.90 Å². The second-order valence-electron chi connectivity index (χ2n) is 9.43. The van der Waals surface area contributed by atoms with E-state index in [0.717, 1.165) is 24.0 Å². The lowest BCUT2D eigenvalue weighted by Gasteiger charge is -2.25. The summed E-state index contributed by atoms with van der Waals surface area (Å²) in [6, 6.07) is 23.1. The number of benzene rings is 3. The van der Waals surface area contributed by atoms with Gasteiger partial charge in [0.15, 0.2) is 0 Å². The largest absolute Gasteiger partial charge is 0.491 e. The number of nitrogens with zero attached hydrogens (tertiary/aromatic N) is 1. The van der Waals surface area contributed by atoms with Crippen LogP contribution in [0, 0.1) is 11.3 Å². The van der Waals surface area contributed by atoms with Crippen molar-refractivity contribution in [2.24, 2.45) is 11.7 Å². The molecule has 1 aliphatic rings. The summed E-state index contributed by atoms with van der Waals surface area (Å²) in [7, 11) is 1.34. The van der Waals surface area contributed by atoms with Crippen molar-refractivity contribution in [3.8, 4) is 16.9 Å². The summed E-state index contributed by atoms with van der Waals surface area (Å²) < 4.78 is 10.9. The Kier molecular flexibility index (Phi) is 9.02. The zero-order valence-electron chi connectivity index (χ0n) is 21.4. The monoisotopic (exact) mass is 533 g/mol. The summed E-state index contributed by atoms with van der Waals surface area (Å²) in [4.78, 5) is 26.9. The highest BCUT2D eigenvalue weighted by atomic mass is 35.5. The Morgan fingerprint density at radius 3 is 2.45 bits per heavy atom. The van der Waals surface area contributed by atoms with Gasteiger partial charge in [-0.2, -0.15) is 0 Å². The van der Waals surface area contributed by atoms with Crippen LogP contribution >= 0.6 is 11.6 Å². The number of esters is 1. The molecule has 1 heterocycles. The van der Waals surface area contributed by atoms with Gasteiger partial charge < -0.3 is 20.1 Å². The number of methoxy groups -OCH3 is 1. The Morgan fingerprint density at radius 2 is 1.79 bits per heavy atom. The van der Waals surface area contributed by atoms with Gasteiger partial charge in [-0.05, 0) is 60.2 Å². The molecule has 0 aliphatic carbocycles. The van der Waals surface area contributed by atoms with Crippen molar-refractivity contribution < 1.29 is 19.1 Å². The molecule has 0 aromatic heterocycles. The molecule has 198 valence electrons. The molecule has 3 N–H and O–H groups in total. The smallest absolute Gasteiger partial charge is 0.306 e. The van der Waals surface area contributed by atoms with E-state index in [0.29, 0.717) is 35.9 Å². The first-order valence-electron chi connectivity index (χ1n) is 12.6. The normalized spacial score (nSPS) is 16.9. The standard InChI is InChI=1S/C30H32ClN3O4/c1-37-28(35)18-23-16-24(34(30(23)36)15-5-8-20-6-3-2-4-7-20)19-38-25-12-9-21(10-13-25)22-11-14-26(29(32)33)27(31)17-22/h2-4,6-7,9-14,17,23-24H,5,8,15-16,18-19H2,1H3,(H3,32,33)/t23-,24-/m0/s1. The second kappa shape index (κ2) is 12.6. The molecule has 0 bridgehead atoms. The highest BCUT2D eigenvalue weighted by molar-refractivity contribution is 6.34. The first-order chi connectivity index (χ1) is 18.4. The summed E-state index contributed by atoms with van der Waals surface area (Å²) in [5.41, 5.74) is 9.14. The maximum Gasteiger partial charge on any atom is 0.306 e. The van der Waals surface area contributed by atoms with Crippen LogP contribution in [0.4, 0.5) is 0 Å². The summed E-state index contributed by atoms with van der Waals surface area (Å²) in [6.07, 6.45) is 2.34. The second-order valence-corrected chi connectivity index (χ2v) is 9.84. The van der Waals surface area contributed by atoms with Gasteiger partial charge in [-0.15, -0.1) is 0 Å². The molecule has 3 aromatic carbocycles. The van der Waals surface area contributed by atoms with Crippen molar-refractivity contribution in [3.05, 3.63) is 88.9 Å². The van der Waals surface area contributed by atoms with Gasteiger partial charge in [0.05, 0.1) is 30.5 Å². The maximum absolute atomic E-state index is 13.1. The van der Waals surface area contributed by atoms with Crippen LogP contribution in [-0.2, 0) is 20.7 Å². The molecule has 7 nitrogen and oxygen atoms in total. The van der Waals surface area contributed by atoms with Crippen LogP contribution in [0.25, 0.3) is 11.1 Å². The van der Waals surface area contributed by atoms with E-state index in [4.69, 9.17) is 32.2 Å². The number of likely N-dealkylation sites (tertiary alicyclic amines) is 1. The van der Waals surface area contributed by atoms with Crippen molar-refractivity contribution in [3.63, 3.8) is 0 Å². The van der Waals surface area contributed by atoms with Gasteiger partial charge in [0.25, 0.3) is 0 Å². The number of carbonyl (C=O) groups is 2. The third-order valence-electron chi connectivity index (χ3n) is 6.87. The minimum Gasteiger partial charge on any atom is -0.491 e. The molecule has 1 amide bonds. The fraction of sp³-hybridized carbons (Fsp3) is 0.300. The number of ether oxygens (including phenoxy) is 2. The summed E-state index contributed by atoms with van der Waals surface area (Å²) >= 11 is 6.27. The Hall–Kier alpha value is -3.84. The SMILES string of the molecule is COC(=O)C[C@@H]1C[C@@H](COc2ccc(-c3ccc(C(=N)N)c(Cl)c3)cc2)N(CCCc2ccccc2)C1=O. The molecule has 0 spiro atoms. The first-order valence-corrected chi connectivity index (χ1v) is 13.0. The van der Waals surface area contributed by atoms with Gasteiger partial charge in [-0.25, -0.2) is 0 Å². The molecule has 1 fully saturated rings. The molecular weight excluding hydrogens is 502 g/mol. The maximum atomic E-state index is 13.1. The minimum atomic E-state index is -0.391. The average molecular weight is 534 g/mol. The van der Waals surface area contributed by atoms with E-state index < -0.39 is 5.92 Å². The first kappa shape index (κ1) is 27.2. The van der Waals surface area contributed by atoms with Gasteiger partial charge in [0, 0.05) is 12.1 Å². The zero-order valence-corrected chi connectivity index (χ0v) is 22.1. The molecule has 8 heteroatoms. The van der Waals surface area contributed by atoms with E-state index in [1.54, 1.807) is 12.1 Å². The number of hydrogen-bond donors (Lipinski definition) is 2. The van der Waals surface area contributed by atoms with Crippen LogP contribution in [-0.4, -0.2) is 48.9 Å². The Bertz CT molecular complexity index is 1280. The van der Waals surface area contributed by atoms with Crippen LogP contribution in [0.3, 0.4) is 0 Å². The van der Waals surface area contributed by atoms with Crippen molar-refractivity contribution in [2.75, 3.05) is 20.3 Å². The zero-order chi connectivity index (χ0) is 27.1. The van der Waals surface area contributed by atoms with Crippen LogP contribution in [0.1, 0.15) is 30.4 Å². The van der Waals surface area contributed by atoms with Crippen LogP contribution in [0.2, 0.25) is 5.02 Å². The number of amides is 1. The Labute approximate surface area is 228 Å². The van der Waals surface area contributed by atoms with Crippen molar-refractivity contribution >= 4 is 29.3 Å². The lowest BCUT2D eigenvalue weighted by atomic mass is 10.0. The van der Waals surface area contributed by atoms with E-state index in [9.17, 15) is 9.59 Å². The van der Waals surface area contributed by atoms with E-state index in [1.807, 2.05) is 53.4 Å². The van der Waals surface area contributed by atoms with Gasteiger partial charge in [0.1, 0.15) is 18.2 Å². The summed E-state index contributed by atoms with van der Waals surface area (Å²) in [5.74, 6) is -0.163. The third-order valence-corrected chi connectivity index (χ3v) is 7.18.